The van der Waals surface area contributed by atoms with Crippen LogP contribution < -0.4 is 10.1 Å². The van der Waals surface area contributed by atoms with Gasteiger partial charge in [0.05, 0.1) is 0 Å². The minimum Gasteiger partial charge on any atom is -0.490 e. The number of hydrogen-bond donors (Lipinski definition) is 2. The topological polar surface area (TPSA) is 71.5 Å². The number of rotatable bonds is 4. The standard InChI is InChI=1S/C12H18N2O3S/c1-8(15)17-11-10(16)14-12(18-11)13-7-9-5-3-2-4-6-9/h9,16H,2-7H2,1H3,(H,13,14). The van der Waals surface area contributed by atoms with Crippen LogP contribution >= 0.6 is 11.3 Å². The first-order chi connectivity index (χ1) is 8.65. The fourth-order valence-electron chi connectivity index (χ4n) is 2.19. The second kappa shape index (κ2) is 6.04. The predicted octanol–water partition coefficient (Wildman–Crippen LogP) is 2.77. The van der Waals surface area contributed by atoms with E-state index in [0.717, 1.165) is 17.9 Å². The average molecular weight is 270 g/mol. The van der Waals surface area contributed by atoms with Crippen LogP contribution in [0, 0.1) is 5.92 Å². The van der Waals surface area contributed by atoms with Gasteiger partial charge in [0.25, 0.3) is 5.88 Å². The van der Waals surface area contributed by atoms with Crippen molar-refractivity contribution >= 4 is 22.4 Å². The van der Waals surface area contributed by atoms with E-state index in [1.165, 1.54) is 39.0 Å². The van der Waals surface area contributed by atoms with Crippen molar-refractivity contribution in [2.45, 2.75) is 39.0 Å². The minimum atomic E-state index is -0.451. The molecule has 5 nitrogen and oxygen atoms in total. The fourth-order valence-corrected chi connectivity index (χ4v) is 2.95. The summed E-state index contributed by atoms with van der Waals surface area (Å²) in [6, 6.07) is 0. The Balaban J connectivity index is 1.87. The van der Waals surface area contributed by atoms with Crippen molar-refractivity contribution in [3.63, 3.8) is 0 Å². The van der Waals surface area contributed by atoms with Gasteiger partial charge in [-0.15, -0.1) is 0 Å². The highest BCUT2D eigenvalue weighted by Gasteiger charge is 2.16. The Labute approximate surface area is 110 Å². The number of anilines is 1. The largest absolute Gasteiger partial charge is 0.490 e. The molecular weight excluding hydrogens is 252 g/mol. The fraction of sp³-hybridized carbons (Fsp3) is 0.667. The smallest absolute Gasteiger partial charge is 0.309 e. The van der Waals surface area contributed by atoms with E-state index in [0.29, 0.717) is 11.0 Å². The van der Waals surface area contributed by atoms with Crippen LogP contribution in [0.4, 0.5) is 5.13 Å². The van der Waals surface area contributed by atoms with Crippen molar-refractivity contribution in [3.05, 3.63) is 0 Å². The zero-order chi connectivity index (χ0) is 13.0. The number of hydrogen-bond acceptors (Lipinski definition) is 6. The van der Waals surface area contributed by atoms with Crippen LogP contribution in [-0.2, 0) is 4.79 Å². The molecule has 0 atom stereocenters. The molecule has 1 aromatic heterocycles. The zero-order valence-corrected chi connectivity index (χ0v) is 11.3. The summed E-state index contributed by atoms with van der Waals surface area (Å²) in [5, 5.41) is 13.5. The molecule has 100 valence electrons. The molecule has 0 saturated heterocycles. The highest BCUT2D eigenvalue weighted by Crippen LogP contribution is 2.36. The molecule has 6 heteroatoms. The summed E-state index contributed by atoms with van der Waals surface area (Å²) in [6.07, 6.45) is 6.44. The number of aromatic hydroxyl groups is 1. The summed E-state index contributed by atoms with van der Waals surface area (Å²) in [4.78, 5) is 14.7. The molecule has 1 saturated carbocycles. The number of esters is 1. The van der Waals surface area contributed by atoms with Crippen molar-refractivity contribution in [3.8, 4) is 10.9 Å². The molecule has 2 rings (SSSR count). The van der Waals surface area contributed by atoms with E-state index in [9.17, 15) is 9.90 Å². The van der Waals surface area contributed by atoms with Crippen LogP contribution in [-0.4, -0.2) is 22.6 Å². The van der Waals surface area contributed by atoms with Gasteiger partial charge >= 0.3 is 5.97 Å². The Bertz CT molecular complexity index is 413. The number of carbonyl (C=O) groups is 1. The van der Waals surface area contributed by atoms with Crippen LogP contribution in [0.2, 0.25) is 0 Å². The molecule has 1 fully saturated rings. The van der Waals surface area contributed by atoms with Gasteiger partial charge in [-0.2, -0.15) is 4.98 Å². The van der Waals surface area contributed by atoms with E-state index in [1.54, 1.807) is 0 Å². The van der Waals surface area contributed by atoms with Gasteiger partial charge in [-0.3, -0.25) is 4.79 Å². The Morgan fingerprint density at radius 1 is 1.50 bits per heavy atom. The summed E-state index contributed by atoms with van der Waals surface area (Å²) in [6.45, 7) is 2.17. The summed E-state index contributed by atoms with van der Waals surface area (Å²) in [7, 11) is 0. The number of ether oxygens (including phenoxy) is 1. The average Bonchev–Trinajstić information content (AvgIpc) is 2.68. The lowest BCUT2D eigenvalue weighted by molar-refractivity contribution is -0.131. The van der Waals surface area contributed by atoms with Crippen molar-refractivity contribution in [2.75, 3.05) is 11.9 Å². The number of nitrogens with one attached hydrogen (secondary N) is 1. The predicted molar refractivity (Wildman–Crippen MR) is 70.2 cm³/mol. The number of carbonyl (C=O) groups excluding carboxylic acids is 1. The molecule has 0 unspecified atom stereocenters. The Morgan fingerprint density at radius 3 is 2.89 bits per heavy atom. The Hall–Kier alpha value is -1.30. The lowest BCUT2D eigenvalue weighted by Crippen LogP contribution is -2.16. The third-order valence-corrected chi connectivity index (χ3v) is 3.96. The van der Waals surface area contributed by atoms with Crippen molar-refractivity contribution in [1.82, 2.24) is 4.98 Å². The molecule has 1 heterocycles. The van der Waals surface area contributed by atoms with Crippen LogP contribution in [0.15, 0.2) is 0 Å². The molecule has 1 aliphatic carbocycles. The molecule has 0 aromatic carbocycles. The van der Waals surface area contributed by atoms with E-state index in [1.807, 2.05) is 0 Å². The number of nitrogens with zero attached hydrogens (tertiary/aromatic N) is 1. The molecule has 0 aliphatic heterocycles. The van der Waals surface area contributed by atoms with E-state index < -0.39 is 5.97 Å². The zero-order valence-electron chi connectivity index (χ0n) is 10.4. The summed E-state index contributed by atoms with van der Waals surface area (Å²) in [5.74, 6) is 0.0103. The van der Waals surface area contributed by atoms with Gasteiger partial charge in [0.1, 0.15) is 0 Å². The first-order valence-electron chi connectivity index (χ1n) is 6.27. The van der Waals surface area contributed by atoms with Crippen LogP contribution in [0.3, 0.4) is 0 Å². The maximum absolute atomic E-state index is 10.8. The van der Waals surface area contributed by atoms with E-state index in [-0.39, 0.29) is 10.9 Å². The number of thiazole rings is 1. The quantitative estimate of drug-likeness (QED) is 0.823. The highest BCUT2D eigenvalue weighted by atomic mass is 32.1. The molecule has 18 heavy (non-hydrogen) atoms. The number of aromatic nitrogens is 1. The van der Waals surface area contributed by atoms with Gasteiger partial charge < -0.3 is 15.2 Å². The van der Waals surface area contributed by atoms with Gasteiger partial charge in [-0.1, -0.05) is 30.6 Å². The first kappa shape index (κ1) is 13.1. The first-order valence-corrected chi connectivity index (χ1v) is 7.09. The minimum absolute atomic E-state index is 0.161. The maximum atomic E-state index is 10.8. The molecule has 2 N–H and O–H groups in total. The van der Waals surface area contributed by atoms with Gasteiger partial charge in [0.2, 0.25) is 5.06 Å². The van der Waals surface area contributed by atoms with Crippen molar-refractivity contribution in [2.24, 2.45) is 5.92 Å². The third kappa shape index (κ3) is 3.60. The van der Waals surface area contributed by atoms with E-state index in [2.05, 4.69) is 10.3 Å². The van der Waals surface area contributed by atoms with E-state index >= 15 is 0 Å². The summed E-state index contributed by atoms with van der Waals surface area (Å²) in [5.41, 5.74) is 0. The third-order valence-electron chi connectivity index (χ3n) is 3.08. The second-order valence-corrected chi connectivity index (χ2v) is 5.57. The van der Waals surface area contributed by atoms with Gasteiger partial charge in [-0.25, -0.2) is 0 Å². The van der Waals surface area contributed by atoms with Gasteiger partial charge in [-0.05, 0) is 18.8 Å². The molecule has 0 amide bonds. The maximum Gasteiger partial charge on any atom is 0.309 e. The van der Waals surface area contributed by atoms with Gasteiger partial charge in [0.15, 0.2) is 5.13 Å². The molecule has 1 aliphatic rings. The summed E-state index contributed by atoms with van der Waals surface area (Å²) < 4.78 is 4.84. The molecule has 0 bridgehead atoms. The normalized spacial score (nSPS) is 16.5. The van der Waals surface area contributed by atoms with Crippen LogP contribution in [0.5, 0.6) is 10.9 Å². The molecule has 0 radical (unpaired) electrons. The Morgan fingerprint density at radius 2 is 2.22 bits per heavy atom. The monoisotopic (exact) mass is 270 g/mol. The lowest BCUT2D eigenvalue weighted by atomic mass is 9.89. The summed E-state index contributed by atoms with van der Waals surface area (Å²) >= 11 is 1.16. The van der Waals surface area contributed by atoms with Crippen molar-refractivity contribution in [1.29, 1.82) is 0 Å². The van der Waals surface area contributed by atoms with Crippen LogP contribution in [0.25, 0.3) is 0 Å². The lowest BCUT2D eigenvalue weighted by Gasteiger charge is -2.21. The second-order valence-electron chi connectivity index (χ2n) is 4.61. The molecular formula is C12H18N2O3S. The molecule has 1 aromatic rings. The van der Waals surface area contributed by atoms with Gasteiger partial charge in [0, 0.05) is 13.5 Å². The molecule has 0 spiro atoms. The van der Waals surface area contributed by atoms with E-state index in [4.69, 9.17) is 4.74 Å². The van der Waals surface area contributed by atoms with Crippen molar-refractivity contribution < 1.29 is 14.6 Å². The SMILES string of the molecule is CC(=O)Oc1sc(NCC2CCCCC2)nc1O. The van der Waals surface area contributed by atoms with Crippen LogP contribution in [0.1, 0.15) is 39.0 Å². The highest BCUT2D eigenvalue weighted by molar-refractivity contribution is 7.17. The Kier molecular flexibility index (Phi) is 4.41.